The maximum atomic E-state index is 5.93. The summed E-state index contributed by atoms with van der Waals surface area (Å²) < 4.78 is 7.73. The fraction of sp³-hybridized carbons (Fsp3) is 0.300. The molecule has 0 radical (unpaired) electrons. The third-order valence-corrected chi connectivity index (χ3v) is 5.34. The number of aromatic nitrogens is 3. The highest BCUT2D eigenvalue weighted by Gasteiger charge is 2.11. The summed E-state index contributed by atoms with van der Waals surface area (Å²) >= 11 is 7.59. The van der Waals surface area contributed by atoms with Gasteiger partial charge >= 0.3 is 0 Å². The summed E-state index contributed by atoms with van der Waals surface area (Å²) in [5.74, 6) is 2.57. The minimum atomic E-state index is 0.752. The molecule has 136 valence electrons. The van der Waals surface area contributed by atoms with E-state index in [-0.39, 0.29) is 0 Å². The van der Waals surface area contributed by atoms with Gasteiger partial charge in [0.25, 0.3) is 0 Å². The summed E-state index contributed by atoms with van der Waals surface area (Å²) in [7, 11) is 1.99. The van der Waals surface area contributed by atoms with Crippen molar-refractivity contribution in [1.29, 1.82) is 0 Å². The van der Waals surface area contributed by atoms with E-state index in [2.05, 4.69) is 17.1 Å². The van der Waals surface area contributed by atoms with Crippen LogP contribution in [0.5, 0.6) is 5.75 Å². The molecule has 1 heterocycles. The lowest BCUT2D eigenvalue weighted by molar-refractivity contribution is 0.309. The van der Waals surface area contributed by atoms with Gasteiger partial charge in [0.2, 0.25) is 0 Å². The van der Waals surface area contributed by atoms with Gasteiger partial charge in [-0.1, -0.05) is 48.8 Å². The smallest absolute Gasteiger partial charge is 0.191 e. The number of hydrogen-bond donors (Lipinski definition) is 0. The van der Waals surface area contributed by atoms with Gasteiger partial charge in [-0.3, -0.25) is 0 Å². The highest BCUT2D eigenvalue weighted by molar-refractivity contribution is 7.98. The topological polar surface area (TPSA) is 39.9 Å². The molecule has 2 aromatic carbocycles. The molecule has 0 aliphatic carbocycles. The van der Waals surface area contributed by atoms with Crippen LogP contribution in [0.4, 0.5) is 0 Å². The first-order chi connectivity index (χ1) is 12.7. The molecule has 0 spiro atoms. The first kappa shape index (κ1) is 18.8. The van der Waals surface area contributed by atoms with Crippen molar-refractivity contribution in [2.45, 2.75) is 30.7 Å². The van der Waals surface area contributed by atoms with Crippen LogP contribution in [-0.2, 0) is 12.8 Å². The Bertz CT molecular complexity index is 831. The summed E-state index contributed by atoms with van der Waals surface area (Å²) in [4.78, 5) is 0. The van der Waals surface area contributed by atoms with Crippen molar-refractivity contribution in [1.82, 2.24) is 14.8 Å². The van der Waals surface area contributed by atoms with Gasteiger partial charge in [0.05, 0.1) is 6.61 Å². The summed E-state index contributed by atoms with van der Waals surface area (Å²) in [6, 6.07) is 15.9. The molecule has 0 saturated heterocycles. The zero-order valence-electron chi connectivity index (χ0n) is 15.0. The number of hydrogen-bond acceptors (Lipinski definition) is 4. The quantitative estimate of drug-likeness (QED) is 0.372. The first-order valence-corrected chi connectivity index (χ1v) is 10.0. The molecule has 0 aliphatic rings. The maximum absolute atomic E-state index is 5.93. The number of halogens is 1. The van der Waals surface area contributed by atoms with E-state index in [0.717, 1.165) is 52.5 Å². The van der Waals surface area contributed by atoms with Crippen molar-refractivity contribution in [2.24, 2.45) is 7.05 Å². The van der Waals surface area contributed by atoms with Crippen molar-refractivity contribution in [2.75, 3.05) is 6.61 Å². The Morgan fingerprint density at radius 2 is 1.77 bits per heavy atom. The van der Waals surface area contributed by atoms with Gasteiger partial charge in [-0.15, -0.1) is 10.2 Å². The summed E-state index contributed by atoms with van der Waals surface area (Å²) in [5, 5.41) is 10.3. The van der Waals surface area contributed by atoms with E-state index in [0.29, 0.717) is 0 Å². The molecule has 0 amide bonds. The normalized spacial score (nSPS) is 10.9. The lowest BCUT2D eigenvalue weighted by Crippen LogP contribution is -1.97. The van der Waals surface area contributed by atoms with Gasteiger partial charge in [0.15, 0.2) is 11.0 Å². The fourth-order valence-corrected chi connectivity index (χ4v) is 3.45. The molecule has 0 aliphatic heterocycles. The van der Waals surface area contributed by atoms with Crippen molar-refractivity contribution in [3.05, 3.63) is 59.1 Å². The Morgan fingerprint density at radius 3 is 2.46 bits per heavy atom. The van der Waals surface area contributed by atoms with Crippen molar-refractivity contribution in [3.8, 4) is 17.1 Å². The van der Waals surface area contributed by atoms with E-state index < -0.39 is 0 Å². The number of thioether (sulfide) groups is 1. The molecule has 1 aromatic heterocycles. The van der Waals surface area contributed by atoms with E-state index in [1.807, 2.05) is 60.1 Å². The largest absolute Gasteiger partial charge is 0.494 e. The van der Waals surface area contributed by atoms with E-state index in [1.54, 1.807) is 11.8 Å². The van der Waals surface area contributed by atoms with E-state index in [9.17, 15) is 0 Å². The number of unbranched alkanes of at least 4 members (excludes halogenated alkanes) is 1. The van der Waals surface area contributed by atoms with Gasteiger partial charge in [0.1, 0.15) is 5.75 Å². The van der Waals surface area contributed by atoms with Gasteiger partial charge in [-0.2, -0.15) is 0 Å². The third-order valence-electron chi connectivity index (χ3n) is 4.00. The Hall–Kier alpha value is -1.98. The second-order valence-corrected chi connectivity index (χ2v) is 7.39. The van der Waals surface area contributed by atoms with Crippen LogP contribution in [0.2, 0.25) is 5.02 Å². The lowest BCUT2D eigenvalue weighted by atomic mass is 10.2. The maximum Gasteiger partial charge on any atom is 0.191 e. The van der Waals surface area contributed by atoms with Crippen LogP contribution >= 0.6 is 23.4 Å². The fourth-order valence-electron chi connectivity index (χ4n) is 2.46. The third kappa shape index (κ3) is 4.80. The van der Waals surface area contributed by atoms with Crippen molar-refractivity contribution < 1.29 is 4.74 Å². The minimum Gasteiger partial charge on any atom is -0.494 e. The molecule has 0 unspecified atom stereocenters. The van der Waals surface area contributed by atoms with E-state index >= 15 is 0 Å². The molecule has 3 rings (SSSR count). The van der Waals surface area contributed by atoms with Gasteiger partial charge in [0, 0.05) is 23.4 Å². The second kappa shape index (κ2) is 9.10. The highest BCUT2D eigenvalue weighted by atomic mass is 35.5. The monoisotopic (exact) mass is 387 g/mol. The van der Waals surface area contributed by atoms with Crippen LogP contribution in [0.1, 0.15) is 25.3 Å². The van der Waals surface area contributed by atoms with Gasteiger partial charge < -0.3 is 9.30 Å². The van der Waals surface area contributed by atoms with E-state index in [4.69, 9.17) is 16.3 Å². The zero-order chi connectivity index (χ0) is 18.4. The molecular formula is C20H22ClN3OS. The lowest BCUT2D eigenvalue weighted by Gasteiger charge is -2.07. The van der Waals surface area contributed by atoms with Crippen LogP contribution in [0.3, 0.4) is 0 Å². The number of nitrogens with zero attached hydrogens (tertiary/aromatic N) is 3. The van der Waals surface area contributed by atoms with Gasteiger partial charge in [-0.25, -0.2) is 0 Å². The SMILES string of the molecule is CCCCOc1ccc(-c2nnc(SCc3ccc(Cl)cc3)n2C)cc1. The molecule has 4 nitrogen and oxygen atoms in total. The molecule has 0 bridgehead atoms. The van der Waals surface area contributed by atoms with Crippen LogP contribution < -0.4 is 4.74 Å². The predicted octanol–water partition coefficient (Wildman–Crippen LogP) is 5.61. The Kier molecular flexibility index (Phi) is 6.58. The van der Waals surface area contributed by atoms with Crippen LogP contribution in [-0.4, -0.2) is 21.4 Å². The average Bonchev–Trinajstić information content (AvgIpc) is 3.03. The molecule has 3 aromatic rings. The Labute approximate surface area is 163 Å². The van der Waals surface area contributed by atoms with Crippen LogP contribution in [0.15, 0.2) is 53.7 Å². The van der Waals surface area contributed by atoms with Crippen molar-refractivity contribution >= 4 is 23.4 Å². The molecule has 0 N–H and O–H groups in total. The van der Waals surface area contributed by atoms with Crippen molar-refractivity contribution in [3.63, 3.8) is 0 Å². The molecule has 0 fully saturated rings. The molecular weight excluding hydrogens is 366 g/mol. The molecule has 6 heteroatoms. The van der Waals surface area contributed by atoms with Crippen LogP contribution in [0, 0.1) is 0 Å². The standard InChI is InChI=1S/C20H22ClN3OS/c1-3-4-13-25-18-11-7-16(8-12-18)19-22-23-20(24(19)2)26-14-15-5-9-17(21)10-6-15/h5-12H,3-4,13-14H2,1-2H3. The average molecular weight is 388 g/mol. The highest BCUT2D eigenvalue weighted by Crippen LogP contribution is 2.26. The predicted molar refractivity (Wildman–Crippen MR) is 108 cm³/mol. The summed E-state index contributed by atoms with van der Waals surface area (Å²) in [6.45, 7) is 2.91. The Morgan fingerprint density at radius 1 is 1.04 bits per heavy atom. The number of rotatable bonds is 8. The second-order valence-electron chi connectivity index (χ2n) is 6.01. The number of benzene rings is 2. The van der Waals surface area contributed by atoms with E-state index in [1.165, 1.54) is 5.56 Å². The van der Waals surface area contributed by atoms with Crippen LogP contribution in [0.25, 0.3) is 11.4 Å². The summed E-state index contributed by atoms with van der Waals surface area (Å²) in [5.41, 5.74) is 2.23. The first-order valence-electron chi connectivity index (χ1n) is 8.67. The molecule has 0 saturated carbocycles. The Balaban J connectivity index is 1.65. The number of ether oxygens (including phenoxy) is 1. The minimum absolute atomic E-state index is 0.752. The van der Waals surface area contributed by atoms with Gasteiger partial charge in [-0.05, 0) is 48.4 Å². The molecule has 26 heavy (non-hydrogen) atoms. The summed E-state index contributed by atoms with van der Waals surface area (Å²) in [6.07, 6.45) is 2.20. The zero-order valence-corrected chi connectivity index (χ0v) is 16.6. The molecule has 0 atom stereocenters.